The van der Waals surface area contributed by atoms with E-state index in [1.807, 2.05) is 0 Å². The number of nitrogens with one attached hydrogen (secondary N) is 2. The molecule has 1 heterocycles. The first-order valence-electron chi connectivity index (χ1n) is 7.65. The molecule has 0 aromatic carbocycles. The number of urea groups is 1. The van der Waals surface area contributed by atoms with E-state index >= 15 is 0 Å². The minimum atomic E-state index is -0.816. The van der Waals surface area contributed by atoms with Crippen LogP contribution in [-0.4, -0.2) is 67.4 Å². The second-order valence-electron chi connectivity index (χ2n) is 5.89. The van der Waals surface area contributed by atoms with Crippen LogP contribution in [0, 0.1) is 5.41 Å². The summed E-state index contributed by atoms with van der Waals surface area (Å²) in [6.07, 6.45) is 2.19. The number of carbonyl (C=O) groups excluding carboxylic acids is 1. The fraction of sp³-hybridized carbons (Fsp3) is 0.857. The highest BCUT2D eigenvalue weighted by molar-refractivity contribution is 5.78. The molecule has 7 heteroatoms. The molecule has 0 bridgehead atoms. The van der Waals surface area contributed by atoms with Crippen LogP contribution in [0.1, 0.15) is 26.2 Å². The predicted molar refractivity (Wildman–Crippen MR) is 77.2 cm³/mol. The van der Waals surface area contributed by atoms with E-state index < -0.39 is 11.4 Å². The standard InChI is InChI=1S/C14H25N3O4/c1-2-17-6-7-21-11(9-17)8-15-13(20)16-10-14(12(18)19)4-3-5-14/h11H,2-10H2,1H3,(H,18,19)(H2,15,16,20). The molecule has 21 heavy (non-hydrogen) atoms. The van der Waals surface area contributed by atoms with Gasteiger partial charge in [0, 0.05) is 26.2 Å². The van der Waals surface area contributed by atoms with Gasteiger partial charge in [-0.25, -0.2) is 4.79 Å². The second-order valence-corrected chi connectivity index (χ2v) is 5.89. The number of morpholine rings is 1. The first-order valence-corrected chi connectivity index (χ1v) is 7.65. The van der Waals surface area contributed by atoms with E-state index in [0.717, 1.165) is 26.1 Å². The van der Waals surface area contributed by atoms with E-state index in [1.165, 1.54) is 0 Å². The van der Waals surface area contributed by atoms with Crippen molar-refractivity contribution in [2.75, 3.05) is 39.3 Å². The van der Waals surface area contributed by atoms with Crippen LogP contribution < -0.4 is 10.6 Å². The Kier molecular flexibility index (Phi) is 5.41. The molecule has 1 saturated carbocycles. The summed E-state index contributed by atoms with van der Waals surface area (Å²) in [6.45, 7) is 6.16. The van der Waals surface area contributed by atoms with Crippen molar-refractivity contribution >= 4 is 12.0 Å². The Morgan fingerprint density at radius 3 is 2.71 bits per heavy atom. The van der Waals surface area contributed by atoms with Crippen LogP contribution in [-0.2, 0) is 9.53 Å². The fourth-order valence-electron chi connectivity index (χ4n) is 2.78. The average molecular weight is 299 g/mol. The summed E-state index contributed by atoms with van der Waals surface area (Å²) in [5.41, 5.74) is -0.752. The molecule has 1 aliphatic carbocycles. The van der Waals surface area contributed by atoms with Gasteiger partial charge in [0.1, 0.15) is 0 Å². The van der Waals surface area contributed by atoms with Crippen molar-refractivity contribution in [3.8, 4) is 0 Å². The molecule has 7 nitrogen and oxygen atoms in total. The van der Waals surface area contributed by atoms with Gasteiger partial charge >= 0.3 is 12.0 Å². The van der Waals surface area contributed by atoms with Gasteiger partial charge in [0.2, 0.25) is 0 Å². The summed E-state index contributed by atoms with van der Waals surface area (Å²) in [7, 11) is 0. The van der Waals surface area contributed by atoms with Crippen molar-refractivity contribution in [2.24, 2.45) is 5.41 Å². The van der Waals surface area contributed by atoms with Crippen LogP contribution in [0.15, 0.2) is 0 Å². The highest BCUT2D eigenvalue weighted by Gasteiger charge is 2.44. The van der Waals surface area contributed by atoms with Crippen LogP contribution in [0.4, 0.5) is 4.79 Å². The van der Waals surface area contributed by atoms with Crippen LogP contribution >= 0.6 is 0 Å². The fourth-order valence-corrected chi connectivity index (χ4v) is 2.78. The number of ether oxygens (including phenoxy) is 1. The molecule has 2 amide bonds. The van der Waals surface area contributed by atoms with E-state index in [1.54, 1.807) is 0 Å². The zero-order valence-corrected chi connectivity index (χ0v) is 12.6. The van der Waals surface area contributed by atoms with Gasteiger partial charge in [0.15, 0.2) is 0 Å². The van der Waals surface area contributed by atoms with Gasteiger partial charge in [-0.2, -0.15) is 0 Å². The Hall–Kier alpha value is -1.34. The second kappa shape index (κ2) is 7.09. The Bertz CT molecular complexity index is 384. The summed E-state index contributed by atoms with van der Waals surface area (Å²) in [5.74, 6) is -0.816. The zero-order valence-electron chi connectivity index (χ0n) is 12.6. The highest BCUT2D eigenvalue weighted by atomic mass is 16.5. The van der Waals surface area contributed by atoms with Gasteiger partial charge in [0.25, 0.3) is 0 Å². The number of nitrogens with zero attached hydrogens (tertiary/aromatic N) is 1. The van der Waals surface area contributed by atoms with E-state index in [-0.39, 0.29) is 18.7 Å². The lowest BCUT2D eigenvalue weighted by Gasteiger charge is -2.37. The number of carboxylic acids is 1. The molecule has 1 unspecified atom stereocenters. The lowest BCUT2D eigenvalue weighted by molar-refractivity contribution is -0.153. The van der Waals surface area contributed by atoms with Crippen molar-refractivity contribution in [3.63, 3.8) is 0 Å². The molecule has 0 aromatic heterocycles. The highest BCUT2D eigenvalue weighted by Crippen LogP contribution is 2.40. The maximum absolute atomic E-state index is 11.8. The van der Waals surface area contributed by atoms with Gasteiger partial charge in [-0.05, 0) is 19.4 Å². The third-order valence-corrected chi connectivity index (χ3v) is 4.51. The average Bonchev–Trinajstić information content (AvgIpc) is 2.44. The predicted octanol–water partition coefficient (Wildman–Crippen LogP) is 0.261. The first kappa shape index (κ1) is 16.0. The largest absolute Gasteiger partial charge is 0.481 e. The molecule has 2 rings (SSSR count). The maximum Gasteiger partial charge on any atom is 0.314 e. The molecule has 2 aliphatic rings. The van der Waals surface area contributed by atoms with Crippen LogP contribution in [0.2, 0.25) is 0 Å². The molecular weight excluding hydrogens is 274 g/mol. The van der Waals surface area contributed by atoms with E-state index in [9.17, 15) is 14.7 Å². The molecule has 0 aromatic rings. The van der Waals surface area contributed by atoms with Crippen molar-refractivity contribution in [3.05, 3.63) is 0 Å². The topological polar surface area (TPSA) is 90.9 Å². The van der Waals surface area contributed by atoms with Crippen molar-refractivity contribution in [1.82, 2.24) is 15.5 Å². The van der Waals surface area contributed by atoms with Crippen molar-refractivity contribution in [1.29, 1.82) is 0 Å². The third-order valence-electron chi connectivity index (χ3n) is 4.51. The Labute approximate surface area is 125 Å². The third kappa shape index (κ3) is 4.07. The van der Waals surface area contributed by atoms with E-state index in [2.05, 4.69) is 22.5 Å². The number of hydrogen-bond donors (Lipinski definition) is 3. The minimum Gasteiger partial charge on any atom is -0.481 e. The number of rotatable bonds is 6. The summed E-state index contributed by atoms with van der Waals surface area (Å²) in [4.78, 5) is 25.2. The first-order chi connectivity index (χ1) is 10.1. The maximum atomic E-state index is 11.8. The summed E-state index contributed by atoms with van der Waals surface area (Å²) >= 11 is 0. The summed E-state index contributed by atoms with van der Waals surface area (Å²) < 4.78 is 5.60. The molecule has 3 N–H and O–H groups in total. The van der Waals surface area contributed by atoms with Gasteiger partial charge in [0.05, 0.1) is 18.1 Å². The number of amides is 2. The van der Waals surface area contributed by atoms with Crippen LogP contribution in [0.3, 0.4) is 0 Å². The number of carbonyl (C=O) groups is 2. The number of hydrogen-bond acceptors (Lipinski definition) is 4. The van der Waals surface area contributed by atoms with Crippen LogP contribution in [0.5, 0.6) is 0 Å². The quantitative estimate of drug-likeness (QED) is 0.654. The molecule has 1 aliphatic heterocycles. The number of aliphatic carboxylic acids is 1. The molecule has 0 spiro atoms. The van der Waals surface area contributed by atoms with Crippen molar-refractivity contribution in [2.45, 2.75) is 32.3 Å². The number of likely N-dealkylation sites (N-methyl/N-ethyl adjacent to an activating group) is 1. The van der Waals surface area contributed by atoms with Gasteiger partial charge in [-0.1, -0.05) is 13.3 Å². The SMILES string of the molecule is CCN1CCOC(CNC(=O)NCC2(C(=O)O)CCC2)C1. The molecule has 2 fully saturated rings. The van der Waals surface area contributed by atoms with Crippen LogP contribution in [0.25, 0.3) is 0 Å². The van der Waals surface area contributed by atoms with Gasteiger partial charge in [-0.3, -0.25) is 9.69 Å². The molecule has 120 valence electrons. The Morgan fingerprint density at radius 2 is 2.14 bits per heavy atom. The van der Waals surface area contributed by atoms with Gasteiger partial charge in [-0.15, -0.1) is 0 Å². The molecular formula is C14H25N3O4. The summed E-state index contributed by atoms with van der Waals surface area (Å²) in [5, 5.41) is 14.6. The summed E-state index contributed by atoms with van der Waals surface area (Å²) in [6, 6.07) is -0.320. The van der Waals surface area contributed by atoms with Gasteiger partial charge < -0.3 is 20.5 Å². The lowest BCUT2D eigenvalue weighted by atomic mass is 9.69. The molecule has 0 radical (unpaired) electrons. The van der Waals surface area contributed by atoms with E-state index in [0.29, 0.717) is 26.0 Å². The Balaban J connectivity index is 1.67. The van der Waals surface area contributed by atoms with Crippen molar-refractivity contribution < 1.29 is 19.4 Å². The lowest BCUT2D eigenvalue weighted by Crippen LogP contribution is -2.52. The smallest absolute Gasteiger partial charge is 0.314 e. The molecule has 1 saturated heterocycles. The Morgan fingerprint density at radius 1 is 1.38 bits per heavy atom. The monoisotopic (exact) mass is 299 g/mol. The zero-order chi connectivity index (χ0) is 15.3. The normalized spacial score (nSPS) is 24.9. The number of carboxylic acid groups (broad SMARTS) is 1. The minimum absolute atomic E-state index is 0.00147. The van der Waals surface area contributed by atoms with E-state index in [4.69, 9.17) is 4.74 Å². The molecule has 1 atom stereocenters.